The zero-order valence-electron chi connectivity index (χ0n) is 10.8. The highest BCUT2D eigenvalue weighted by Crippen LogP contribution is 2.30. The van der Waals surface area contributed by atoms with Crippen LogP contribution in [0.4, 0.5) is 15.8 Å². The van der Waals surface area contributed by atoms with Gasteiger partial charge in [0.25, 0.3) is 0 Å². The molecule has 1 aromatic rings. The minimum atomic E-state index is -0.315. The van der Waals surface area contributed by atoms with Crippen LogP contribution in [0, 0.1) is 11.7 Å². The zero-order chi connectivity index (χ0) is 13.3. The Hall–Kier alpha value is -0.810. The molecule has 3 nitrogen and oxygen atoms in total. The van der Waals surface area contributed by atoms with Crippen molar-refractivity contribution in [2.24, 2.45) is 5.92 Å². The van der Waals surface area contributed by atoms with Crippen LogP contribution in [0.1, 0.15) is 6.42 Å². The summed E-state index contributed by atoms with van der Waals surface area (Å²) in [4.78, 5) is 4.45. The first kappa shape index (κ1) is 13.6. The Kier molecular flexibility index (Phi) is 4.12. The molecule has 0 radical (unpaired) electrons. The minimum absolute atomic E-state index is 0.315. The van der Waals surface area contributed by atoms with E-state index in [0.717, 1.165) is 25.3 Å². The summed E-state index contributed by atoms with van der Waals surface area (Å²) in [6.45, 7) is 3.22. The molecule has 0 aromatic heterocycles. The fraction of sp³-hybridized carbons (Fsp3) is 0.538. The van der Waals surface area contributed by atoms with Crippen molar-refractivity contribution in [1.82, 2.24) is 4.90 Å². The smallest absolute Gasteiger partial charge is 0.139 e. The maximum absolute atomic E-state index is 13.3. The van der Waals surface area contributed by atoms with Gasteiger partial charge >= 0.3 is 0 Å². The first-order chi connectivity index (χ1) is 8.47. The highest BCUT2D eigenvalue weighted by atomic mass is 79.9. The van der Waals surface area contributed by atoms with E-state index < -0.39 is 0 Å². The molecule has 1 atom stereocenters. The first-order valence-corrected chi connectivity index (χ1v) is 6.91. The lowest BCUT2D eigenvalue weighted by molar-refractivity contribution is 0.396. The summed E-state index contributed by atoms with van der Waals surface area (Å²) >= 11 is 3.21. The van der Waals surface area contributed by atoms with Crippen molar-refractivity contribution in [2.75, 3.05) is 44.4 Å². The number of nitrogens with two attached hydrogens (primary N) is 1. The second-order valence-corrected chi connectivity index (χ2v) is 5.98. The van der Waals surface area contributed by atoms with E-state index in [4.69, 9.17) is 5.73 Å². The van der Waals surface area contributed by atoms with Gasteiger partial charge in [-0.15, -0.1) is 0 Å². The molecule has 1 aliphatic rings. The van der Waals surface area contributed by atoms with Crippen molar-refractivity contribution in [3.05, 3.63) is 22.4 Å². The van der Waals surface area contributed by atoms with Gasteiger partial charge in [0.2, 0.25) is 0 Å². The van der Waals surface area contributed by atoms with Gasteiger partial charge in [-0.2, -0.15) is 0 Å². The summed E-state index contributed by atoms with van der Waals surface area (Å²) < 4.78 is 13.8. The minimum Gasteiger partial charge on any atom is -0.397 e. The van der Waals surface area contributed by atoms with E-state index in [1.807, 2.05) is 7.05 Å². The van der Waals surface area contributed by atoms with E-state index in [1.165, 1.54) is 12.5 Å². The third-order valence-electron chi connectivity index (χ3n) is 3.50. The van der Waals surface area contributed by atoms with Crippen molar-refractivity contribution in [3.63, 3.8) is 0 Å². The second-order valence-electron chi connectivity index (χ2n) is 5.12. The molecule has 0 aliphatic carbocycles. The SMILES string of the molecule is CN1CCC(CN(C)c2cc(Br)c(F)cc2N)C1. The molecule has 1 heterocycles. The van der Waals surface area contributed by atoms with Gasteiger partial charge in [-0.25, -0.2) is 4.39 Å². The summed E-state index contributed by atoms with van der Waals surface area (Å²) in [6, 6.07) is 3.13. The molecule has 0 bridgehead atoms. The average molecular weight is 316 g/mol. The Balaban J connectivity index is 2.09. The van der Waals surface area contributed by atoms with Crippen LogP contribution >= 0.6 is 15.9 Å². The third-order valence-corrected chi connectivity index (χ3v) is 4.11. The molecule has 0 saturated carbocycles. The van der Waals surface area contributed by atoms with E-state index in [-0.39, 0.29) is 5.82 Å². The van der Waals surface area contributed by atoms with Crippen LogP contribution in [0.3, 0.4) is 0 Å². The van der Waals surface area contributed by atoms with E-state index in [2.05, 4.69) is 32.8 Å². The van der Waals surface area contributed by atoms with Gasteiger partial charge in [-0.05, 0) is 47.9 Å². The van der Waals surface area contributed by atoms with Gasteiger partial charge in [-0.1, -0.05) is 0 Å². The van der Waals surface area contributed by atoms with E-state index in [0.29, 0.717) is 16.1 Å². The first-order valence-electron chi connectivity index (χ1n) is 6.11. The van der Waals surface area contributed by atoms with Crippen molar-refractivity contribution in [2.45, 2.75) is 6.42 Å². The van der Waals surface area contributed by atoms with Crippen LogP contribution in [0.15, 0.2) is 16.6 Å². The van der Waals surface area contributed by atoms with Crippen LogP contribution in [0.25, 0.3) is 0 Å². The molecular weight excluding hydrogens is 297 g/mol. The second kappa shape index (κ2) is 5.45. The summed E-state index contributed by atoms with van der Waals surface area (Å²) in [7, 11) is 4.15. The Labute approximate surface area is 116 Å². The van der Waals surface area contributed by atoms with Crippen LogP contribution in [-0.4, -0.2) is 38.6 Å². The fourth-order valence-corrected chi connectivity index (χ4v) is 2.87. The topological polar surface area (TPSA) is 32.5 Å². The number of benzene rings is 1. The van der Waals surface area contributed by atoms with Crippen LogP contribution < -0.4 is 10.6 Å². The quantitative estimate of drug-likeness (QED) is 0.870. The lowest BCUT2D eigenvalue weighted by Gasteiger charge is -2.24. The number of halogens is 2. The molecule has 5 heteroatoms. The Morgan fingerprint density at radius 1 is 1.56 bits per heavy atom. The monoisotopic (exact) mass is 315 g/mol. The predicted molar refractivity (Wildman–Crippen MR) is 77.4 cm³/mol. The van der Waals surface area contributed by atoms with Gasteiger partial charge in [0.15, 0.2) is 0 Å². The van der Waals surface area contributed by atoms with Crippen molar-refractivity contribution in [1.29, 1.82) is 0 Å². The molecule has 18 heavy (non-hydrogen) atoms. The number of hydrogen-bond acceptors (Lipinski definition) is 3. The Bertz CT molecular complexity index is 438. The summed E-state index contributed by atoms with van der Waals surface area (Å²) in [5.41, 5.74) is 7.26. The van der Waals surface area contributed by atoms with Crippen molar-refractivity contribution >= 4 is 27.3 Å². The van der Waals surface area contributed by atoms with Gasteiger partial charge < -0.3 is 15.5 Å². The number of nitrogen functional groups attached to an aromatic ring is 1. The Morgan fingerprint density at radius 3 is 2.89 bits per heavy atom. The largest absolute Gasteiger partial charge is 0.397 e. The lowest BCUT2D eigenvalue weighted by atomic mass is 10.1. The molecule has 0 spiro atoms. The average Bonchev–Trinajstić information content (AvgIpc) is 2.69. The van der Waals surface area contributed by atoms with E-state index >= 15 is 0 Å². The normalized spacial score (nSPS) is 20.3. The summed E-state index contributed by atoms with van der Waals surface area (Å²) in [5, 5.41) is 0. The van der Waals surface area contributed by atoms with Crippen LogP contribution in [-0.2, 0) is 0 Å². The molecule has 1 saturated heterocycles. The van der Waals surface area contributed by atoms with Crippen molar-refractivity contribution in [3.8, 4) is 0 Å². The predicted octanol–water partition coefficient (Wildman–Crippen LogP) is 2.56. The zero-order valence-corrected chi connectivity index (χ0v) is 12.4. The number of hydrogen-bond donors (Lipinski definition) is 1. The summed E-state index contributed by atoms with van der Waals surface area (Å²) in [6.07, 6.45) is 1.21. The molecule has 2 rings (SSSR count). The lowest BCUT2D eigenvalue weighted by Crippen LogP contribution is -2.27. The molecule has 1 aliphatic heterocycles. The highest BCUT2D eigenvalue weighted by molar-refractivity contribution is 9.10. The van der Waals surface area contributed by atoms with Crippen LogP contribution in [0.2, 0.25) is 0 Å². The van der Waals surface area contributed by atoms with Crippen molar-refractivity contribution < 1.29 is 4.39 Å². The Morgan fingerprint density at radius 2 is 2.28 bits per heavy atom. The van der Waals surface area contributed by atoms with Gasteiger partial charge in [-0.3, -0.25) is 0 Å². The molecule has 2 N–H and O–H groups in total. The third kappa shape index (κ3) is 2.95. The van der Waals surface area contributed by atoms with Crippen LogP contribution in [0.5, 0.6) is 0 Å². The fourth-order valence-electron chi connectivity index (χ4n) is 2.54. The number of anilines is 2. The van der Waals surface area contributed by atoms with Gasteiger partial charge in [0.1, 0.15) is 5.82 Å². The molecule has 1 fully saturated rings. The molecule has 1 unspecified atom stereocenters. The maximum atomic E-state index is 13.3. The molecular formula is C13H19BrFN3. The van der Waals surface area contributed by atoms with Gasteiger partial charge in [0, 0.05) is 26.2 Å². The number of likely N-dealkylation sites (tertiary alicyclic amines) is 1. The number of rotatable bonds is 3. The molecule has 1 aromatic carbocycles. The number of nitrogens with zero attached hydrogens (tertiary/aromatic N) is 2. The maximum Gasteiger partial charge on any atom is 0.139 e. The molecule has 0 amide bonds. The van der Waals surface area contributed by atoms with E-state index in [1.54, 1.807) is 6.07 Å². The summed E-state index contributed by atoms with van der Waals surface area (Å²) in [5.74, 6) is 0.341. The highest BCUT2D eigenvalue weighted by Gasteiger charge is 2.21. The van der Waals surface area contributed by atoms with Gasteiger partial charge in [0.05, 0.1) is 15.8 Å². The molecule has 100 valence electrons. The van der Waals surface area contributed by atoms with E-state index in [9.17, 15) is 4.39 Å². The standard InChI is InChI=1S/C13H19BrFN3/c1-17-4-3-9(7-17)8-18(2)13-5-10(14)11(15)6-12(13)16/h5-6,9H,3-4,7-8,16H2,1-2H3.